The Balaban J connectivity index is 0.000000531. The van der Waals surface area contributed by atoms with E-state index in [-0.39, 0.29) is 0 Å². The molecule has 0 atom stereocenters. The van der Waals surface area contributed by atoms with E-state index in [0.717, 1.165) is 11.5 Å². The molecule has 0 saturated carbocycles. The van der Waals surface area contributed by atoms with Crippen LogP contribution < -0.4 is 5.32 Å². The minimum absolute atomic E-state index is 0.391. The summed E-state index contributed by atoms with van der Waals surface area (Å²) in [4.78, 5) is 4.21. The third-order valence-corrected chi connectivity index (χ3v) is 1.71. The Morgan fingerprint density at radius 1 is 1.33 bits per heavy atom. The van der Waals surface area contributed by atoms with Crippen molar-refractivity contribution in [3.63, 3.8) is 0 Å². The summed E-state index contributed by atoms with van der Waals surface area (Å²) in [5, 5.41) is 7.45. The van der Waals surface area contributed by atoms with Gasteiger partial charge in [-0.05, 0) is 26.0 Å². The molecular weight excluding hydrogens is 188 g/mol. The smallest absolute Gasteiger partial charge is 0.155 e. The van der Waals surface area contributed by atoms with Crippen LogP contribution >= 0.6 is 0 Å². The number of fused-ring (bicyclic) bond motifs is 1. The minimum Gasteiger partial charge on any atom is -0.366 e. The highest BCUT2D eigenvalue weighted by Gasteiger charge is 2.02. The first-order valence-electron chi connectivity index (χ1n) is 5.32. The first-order chi connectivity index (χ1) is 7.27. The molecule has 4 heteroatoms. The molecule has 0 fully saturated rings. The molecular formula is C11H18N4. The first-order valence-corrected chi connectivity index (χ1v) is 5.32. The molecule has 82 valence electrons. The van der Waals surface area contributed by atoms with Crippen molar-refractivity contribution in [3.8, 4) is 0 Å². The molecule has 2 rings (SSSR count). The SMILES string of the molecule is CC.CC(C)Nc1cnc2cccnn12. The maximum absolute atomic E-state index is 4.21. The van der Waals surface area contributed by atoms with Crippen LogP contribution in [0.15, 0.2) is 24.5 Å². The van der Waals surface area contributed by atoms with Crippen LogP contribution in [-0.4, -0.2) is 20.6 Å². The lowest BCUT2D eigenvalue weighted by Crippen LogP contribution is -2.11. The number of nitrogens with zero attached hydrogens (tertiary/aromatic N) is 3. The zero-order chi connectivity index (χ0) is 11.3. The van der Waals surface area contributed by atoms with Gasteiger partial charge in [-0.25, -0.2) is 4.98 Å². The Morgan fingerprint density at radius 3 is 2.73 bits per heavy atom. The number of aromatic nitrogens is 3. The van der Waals surface area contributed by atoms with Gasteiger partial charge >= 0.3 is 0 Å². The van der Waals surface area contributed by atoms with E-state index >= 15 is 0 Å². The highest BCUT2D eigenvalue weighted by Crippen LogP contribution is 2.09. The molecule has 0 bridgehead atoms. The zero-order valence-corrected chi connectivity index (χ0v) is 9.73. The van der Waals surface area contributed by atoms with Gasteiger partial charge in [-0.15, -0.1) is 0 Å². The summed E-state index contributed by atoms with van der Waals surface area (Å²) in [6.45, 7) is 8.17. The normalized spacial score (nSPS) is 9.93. The lowest BCUT2D eigenvalue weighted by Gasteiger charge is -2.07. The van der Waals surface area contributed by atoms with Crippen molar-refractivity contribution >= 4 is 11.5 Å². The summed E-state index contributed by atoms with van der Waals surface area (Å²) >= 11 is 0. The molecule has 0 aliphatic rings. The number of anilines is 1. The molecule has 0 aliphatic carbocycles. The van der Waals surface area contributed by atoms with E-state index in [1.165, 1.54) is 0 Å². The molecule has 0 amide bonds. The highest BCUT2D eigenvalue weighted by atomic mass is 15.3. The van der Waals surface area contributed by atoms with Crippen molar-refractivity contribution in [3.05, 3.63) is 24.5 Å². The molecule has 2 aromatic rings. The zero-order valence-electron chi connectivity index (χ0n) is 9.73. The van der Waals surface area contributed by atoms with Crippen molar-refractivity contribution < 1.29 is 0 Å². The first kappa shape index (κ1) is 11.5. The maximum Gasteiger partial charge on any atom is 0.155 e. The van der Waals surface area contributed by atoms with Crippen LogP contribution in [0.4, 0.5) is 5.82 Å². The Morgan fingerprint density at radius 2 is 2.07 bits per heavy atom. The summed E-state index contributed by atoms with van der Waals surface area (Å²) < 4.78 is 1.79. The van der Waals surface area contributed by atoms with Gasteiger partial charge in [0.2, 0.25) is 0 Å². The third kappa shape index (κ3) is 2.68. The molecule has 0 unspecified atom stereocenters. The van der Waals surface area contributed by atoms with E-state index in [4.69, 9.17) is 0 Å². The van der Waals surface area contributed by atoms with Crippen LogP contribution in [0.25, 0.3) is 5.65 Å². The summed E-state index contributed by atoms with van der Waals surface area (Å²) in [5.74, 6) is 0.936. The summed E-state index contributed by atoms with van der Waals surface area (Å²) in [6.07, 6.45) is 3.54. The Labute approximate surface area is 90.3 Å². The number of hydrogen-bond donors (Lipinski definition) is 1. The fourth-order valence-electron chi connectivity index (χ4n) is 1.22. The predicted octanol–water partition coefficient (Wildman–Crippen LogP) is 2.58. The van der Waals surface area contributed by atoms with Crippen molar-refractivity contribution in [2.24, 2.45) is 0 Å². The molecule has 4 nitrogen and oxygen atoms in total. The number of nitrogens with one attached hydrogen (secondary N) is 1. The van der Waals surface area contributed by atoms with Gasteiger partial charge in [0.05, 0.1) is 6.20 Å². The van der Waals surface area contributed by atoms with E-state index in [2.05, 4.69) is 29.2 Å². The molecule has 0 aromatic carbocycles. The number of imidazole rings is 1. The van der Waals surface area contributed by atoms with Crippen LogP contribution in [-0.2, 0) is 0 Å². The van der Waals surface area contributed by atoms with E-state index in [1.807, 2.05) is 26.0 Å². The lowest BCUT2D eigenvalue weighted by atomic mass is 10.4. The topological polar surface area (TPSA) is 42.2 Å². The van der Waals surface area contributed by atoms with Gasteiger partial charge in [0.15, 0.2) is 5.65 Å². The Kier molecular flexibility index (Phi) is 4.09. The fraction of sp³-hybridized carbons (Fsp3) is 0.455. The second-order valence-electron chi connectivity index (χ2n) is 3.24. The number of rotatable bonds is 2. The van der Waals surface area contributed by atoms with Crippen LogP contribution in [0.2, 0.25) is 0 Å². The summed E-state index contributed by atoms with van der Waals surface area (Å²) in [5.41, 5.74) is 0.866. The monoisotopic (exact) mass is 206 g/mol. The second kappa shape index (κ2) is 5.34. The van der Waals surface area contributed by atoms with E-state index in [0.29, 0.717) is 6.04 Å². The Hall–Kier alpha value is -1.58. The van der Waals surface area contributed by atoms with E-state index in [9.17, 15) is 0 Å². The van der Waals surface area contributed by atoms with Gasteiger partial charge in [-0.2, -0.15) is 9.61 Å². The minimum atomic E-state index is 0.391. The maximum atomic E-state index is 4.21. The predicted molar refractivity (Wildman–Crippen MR) is 63.1 cm³/mol. The van der Waals surface area contributed by atoms with Crippen LogP contribution in [0.1, 0.15) is 27.7 Å². The van der Waals surface area contributed by atoms with Gasteiger partial charge in [0.25, 0.3) is 0 Å². The molecule has 0 saturated heterocycles. The Bertz CT molecular complexity index is 406. The highest BCUT2D eigenvalue weighted by molar-refractivity contribution is 5.48. The van der Waals surface area contributed by atoms with Crippen LogP contribution in [0.5, 0.6) is 0 Å². The van der Waals surface area contributed by atoms with Crippen molar-refractivity contribution in [1.29, 1.82) is 0 Å². The third-order valence-electron chi connectivity index (χ3n) is 1.71. The van der Waals surface area contributed by atoms with Gasteiger partial charge in [0.1, 0.15) is 5.82 Å². The molecule has 0 aliphatic heterocycles. The lowest BCUT2D eigenvalue weighted by molar-refractivity contribution is 0.855. The molecule has 2 heterocycles. The van der Waals surface area contributed by atoms with Crippen molar-refractivity contribution in [2.75, 3.05) is 5.32 Å². The average molecular weight is 206 g/mol. The van der Waals surface area contributed by atoms with Gasteiger partial charge < -0.3 is 5.32 Å². The van der Waals surface area contributed by atoms with E-state index in [1.54, 1.807) is 16.9 Å². The van der Waals surface area contributed by atoms with Gasteiger partial charge in [0, 0.05) is 12.2 Å². The van der Waals surface area contributed by atoms with Crippen LogP contribution in [0, 0.1) is 0 Å². The van der Waals surface area contributed by atoms with Crippen molar-refractivity contribution in [1.82, 2.24) is 14.6 Å². The molecule has 0 radical (unpaired) electrons. The van der Waals surface area contributed by atoms with Crippen LogP contribution in [0.3, 0.4) is 0 Å². The number of hydrogen-bond acceptors (Lipinski definition) is 3. The summed E-state index contributed by atoms with van der Waals surface area (Å²) in [7, 11) is 0. The fourth-order valence-corrected chi connectivity index (χ4v) is 1.22. The molecule has 2 aromatic heterocycles. The van der Waals surface area contributed by atoms with Gasteiger partial charge in [-0.3, -0.25) is 0 Å². The second-order valence-corrected chi connectivity index (χ2v) is 3.24. The standard InChI is InChI=1S/C9H12N4.C2H6/c1-7(2)12-9-6-10-8-4-3-5-11-13(8)9;1-2/h3-7,12H,1-2H3;1-2H3. The van der Waals surface area contributed by atoms with Gasteiger partial charge in [-0.1, -0.05) is 13.8 Å². The summed E-state index contributed by atoms with van der Waals surface area (Å²) in [6, 6.07) is 4.20. The molecule has 1 N–H and O–H groups in total. The van der Waals surface area contributed by atoms with E-state index < -0.39 is 0 Å². The largest absolute Gasteiger partial charge is 0.366 e. The average Bonchev–Trinajstić information content (AvgIpc) is 2.64. The van der Waals surface area contributed by atoms with Crippen molar-refractivity contribution in [2.45, 2.75) is 33.7 Å². The molecule has 0 spiro atoms. The molecule has 15 heavy (non-hydrogen) atoms. The quantitative estimate of drug-likeness (QED) is 0.821.